The fourth-order valence-corrected chi connectivity index (χ4v) is 3.83. The Labute approximate surface area is 183 Å². The van der Waals surface area contributed by atoms with Gasteiger partial charge in [0, 0.05) is 29.5 Å². The third kappa shape index (κ3) is 3.55. The van der Waals surface area contributed by atoms with E-state index in [1.165, 1.54) is 0 Å². The van der Waals surface area contributed by atoms with E-state index in [-0.39, 0.29) is 5.56 Å². The van der Waals surface area contributed by atoms with Crippen LogP contribution in [0.2, 0.25) is 5.02 Å². The third-order valence-electron chi connectivity index (χ3n) is 5.42. The number of hydrogen-bond acceptors (Lipinski definition) is 4. The molecule has 0 unspecified atom stereocenters. The zero-order chi connectivity index (χ0) is 21.4. The van der Waals surface area contributed by atoms with Crippen LogP contribution in [0.3, 0.4) is 0 Å². The Morgan fingerprint density at radius 1 is 1.00 bits per heavy atom. The second-order valence-electron chi connectivity index (χ2n) is 7.27. The first-order chi connectivity index (χ1) is 15.1. The molecule has 31 heavy (non-hydrogen) atoms. The summed E-state index contributed by atoms with van der Waals surface area (Å²) in [6.45, 7) is 0.578. The average molecular weight is 431 g/mol. The van der Waals surface area contributed by atoms with Crippen molar-refractivity contribution < 1.29 is 4.74 Å². The summed E-state index contributed by atoms with van der Waals surface area (Å²) in [5.41, 5.74) is 4.35. The number of nitrogens with zero attached hydrogens (tertiary/aromatic N) is 4. The van der Waals surface area contributed by atoms with Crippen molar-refractivity contribution in [3.05, 3.63) is 94.1 Å². The number of fused-ring (bicyclic) bond motifs is 3. The molecule has 0 radical (unpaired) electrons. The second-order valence-corrected chi connectivity index (χ2v) is 7.71. The van der Waals surface area contributed by atoms with Crippen molar-refractivity contribution >= 4 is 28.2 Å². The van der Waals surface area contributed by atoms with E-state index in [0.717, 1.165) is 34.4 Å². The van der Waals surface area contributed by atoms with Crippen LogP contribution in [-0.4, -0.2) is 26.3 Å². The molecular weight excluding hydrogens is 412 g/mol. The van der Waals surface area contributed by atoms with Gasteiger partial charge in [0.2, 0.25) is 0 Å². The molecule has 3 heterocycles. The zero-order valence-corrected chi connectivity index (χ0v) is 17.6. The number of halogens is 1. The van der Waals surface area contributed by atoms with E-state index in [0.29, 0.717) is 22.6 Å². The molecule has 2 aromatic carbocycles. The number of methoxy groups -OCH3 is 1. The predicted octanol–water partition coefficient (Wildman–Crippen LogP) is 4.62. The second kappa shape index (κ2) is 7.89. The van der Waals surface area contributed by atoms with Gasteiger partial charge in [-0.2, -0.15) is 5.10 Å². The van der Waals surface area contributed by atoms with Crippen LogP contribution in [0.1, 0.15) is 5.56 Å². The number of ether oxygens (including phenoxy) is 1. The van der Waals surface area contributed by atoms with Gasteiger partial charge in [-0.05, 0) is 47.9 Å². The summed E-state index contributed by atoms with van der Waals surface area (Å²) < 4.78 is 8.62. The first-order valence-corrected chi connectivity index (χ1v) is 10.3. The summed E-state index contributed by atoms with van der Waals surface area (Å²) in [6.07, 6.45) is 5.96. The molecule has 7 heteroatoms. The Morgan fingerprint density at radius 2 is 1.77 bits per heavy atom. The van der Waals surface area contributed by atoms with E-state index in [1.807, 2.05) is 60.8 Å². The van der Waals surface area contributed by atoms with Gasteiger partial charge in [0.05, 0.1) is 24.2 Å². The summed E-state index contributed by atoms with van der Waals surface area (Å²) in [4.78, 5) is 17.6. The van der Waals surface area contributed by atoms with Crippen molar-refractivity contribution in [2.75, 3.05) is 7.11 Å². The maximum atomic E-state index is 13.1. The number of rotatable bonds is 5. The molecule has 5 aromatic rings. The molecule has 0 fully saturated rings. The molecule has 0 aliphatic heterocycles. The number of hydrogen-bond donors (Lipinski definition) is 0. The average Bonchev–Trinajstić information content (AvgIpc) is 3.24. The summed E-state index contributed by atoms with van der Waals surface area (Å²) >= 11 is 6.00. The van der Waals surface area contributed by atoms with Gasteiger partial charge >= 0.3 is 0 Å². The van der Waals surface area contributed by atoms with E-state index in [9.17, 15) is 4.79 Å². The van der Waals surface area contributed by atoms with Gasteiger partial charge in [-0.1, -0.05) is 35.9 Å². The SMILES string of the molecule is COc1ccc(CCn2ccc3c(cnc4c(-c5ccc(Cl)cc5)cnn43)c2=O)cc1. The van der Waals surface area contributed by atoms with Crippen LogP contribution < -0.4 is 10.3 Å². The maximum absolute atomic E-state index is 13.1. The lowest BCUT2D eigenvalue weighted by Gasteiger charge is -2.09. The Hall–Kier alpha value is -3.64. The number of benzene rings is 2. The molecule has 6 nitrogen and oxygen atoms in total. The molecular formula is C24H19ClN4O2. The fourth-order valence-electron chi connectivity index (χ4n) is 3.71. The van der Waals surface area contributed by atoms with Crippen molar-refractivity contribution in [3.8, 4) is 16.9 Å². The summed E-state index contributed by atoms with van der Waals surface area (Å²) in [6, 6.07) is 17.3. The van der Waals surface area contributed by atoms with Gasteiger partial charge in [-0.15, -0.1) is 0 Å². The van der Waals surface area contributed by atoms with Crippen molar-refractivity contribution in [2.24, 2.45) is 0 Å². The number of aromatic nitrogens is 4. The van der Waals surface area contributed by atoms with Crippen LogP contribution in [0, 0.1) is 0 Å². The molecule has 0 spiro atoms. The lowest BCUT2D eigenvalue weighted by Crippen LogP contribution is -2.21. The maximum Gasteiger partial charge on any atom is 0.261 e. The molecule has 154 valence electrons. The lowest BCUT2D eigenvalue weighted by molar-refractivity contribution is 0.414. The monoisotopic (exact) mass is 430 g/mol. The molecule has 3 aromatic heterocycles. The molecule has 0 saturated carbocycles. The highest BCUT2D eigenvalue weighted by atomic mass is 35.5. The van der Waals surface area contributed by atoms with E-state index < -0.39 is 0 Å². The molecule has 0 bridgehead atoms. The highest BCUT2D eigenvalue weighted by Gasteiger charge is 2.13. The molecule has 0 saturated heterocycles. The smallest absolute Gasteiger partial charge is 0.261 e. The van der Waals surface area contributed by atoms with Crippen LogP contribution in [0.5, 0.6) is 5.75 Å². The zero-order valence-electron chi connectivity index (χ0n) is 16.8. The summed E-state index contributed by atoms with van der Waals surface area (Å²) in [7, 11) is 1.65. The van der Waals surface area contributed by atoms with Crippen molar-refractivity contribution in [3.63, 3.8) is 0 Å². The van der Waals surface area contributed by atoms with Gasteiger partial charge < -0.3 is 9.30 Å². The third-order valence-corrected chi connectivity index (χ3v) is 5.68. The molecule has 5 rings (SSSR count). The highest BCUT2D eigenvalue weighted by molar-refractivity contribution is 6.30. The van der Waals surface area contributed by atoms with Gasteiger partial charge in [-0.25, -0.2) is 9.50 Å². The van der Waals surface area contributed by atoms with Crippen LogP contribution in [0.25, 0.3) is 27.7 Å². The minimum Gasteiger partial charge on any atom is -0.497 e. The fraction of sp³-hybridized carbons (Fsp3) is 0.125. The van der Waals surface area contributed by atoms with Gasteiger partial charge in [0.1, 0.15) is 5.75 Å². The molecule has 0 atom stereocenters. The topological polar surface area (TPSA) is 61.4 Å². The number of pyridine rings is 1. The Bertz CT molecular complexity index is 1440. The minimum atomic E-state index is -0.0797. The standard InChI is InChI=1S/C24H19ClN4O2/c1-31-19-8-2-16(3-9-19)10-12-28-13-11-22-21(24(28)30)14-26-23-20(15-27-29(22)23)17-4-6-18(25)7-5-17/h2-9,11,13-15H,10,12H2,1H3. The van der Waals surface area contributed by atoms with E-state index in [2.05, 4.69) is 10.1 Å². The Balaban J connectivity index is 1.49. The van der Waals surface area contributed by atoms with Crippen LogP contribution >= 0.6 is 11.6 Å². The first-order valence-electron chi connectivity index (χ1n) is 9.89. The quantitative estimate of drug-likeness (QED) is 0.408. The van der Waals surface area contributed by atoms with E-state index in [4.69, 9.17) is 16.3 Å². The van der Waals surface area contributed by atoms with Crippen molar-refractivity contribution in [2.45, 2.75) is 13.0 Å². The Morgan fingerprint density at radius 3 is 2.52 bits per heavy atom. The van der Waals surface area contributed by atoms with Crippen molar-refractivity contribution in [1.82, 2.24) is 19.2 Å². The Kier molecular flexibility index (Phi) is 4.92. The normalized spacial score (nSPS) is 11.3. The van der Waals surface area contributed by atoms with Gasteiger partial charge in [0.25, 0.3) is 5.56 Å². The molecule has 0 amide bonds. The van der Waals surface area contributed by atoms with E-state index in [1.54, 1.807) is 28.6 Å². The minimum absolute atomic E-state index is 0.0797. The van der Waals surface area contributed by atoms with Gasteiger partial charge in [0.15, 0.2) is 5.65 Å². The van der Waals surface area contributed by atoms with Gasteiger partial charge in [-0.3, -0.25) is 4.79 Å². The van der Waals surface area contributed by atoms with Crippen LogP contribution in [-0.2, 0) is 13.0 Å². The highest BCUT2D eigenvalue weighted by Crippen LogP contribution is 2.26. The largest absolute Gasteiger partial charge is 0.497 e. The number of aryl methyl sites for hydroxylation is 2. The molecule has 0 N–H and O–H groups in total. The van der Waals surface area contributed by atoms with E-state index >= 15 is 0 Å². The van der Waals surface area contributed by atoms with Crippen LogP contribution in [0.15, 0.2) is 78.0 Å². The lowest BCUT2D eigenvalue weighted by atomic mass is 10.1. The molecule has 0 aliphatic carbocycles. The molecule has 0 aliphatic rings. The summed E-state index contributed by atoms with van der Waals surface area (Å²) in [5, 5.41) is 5.70. The first kappa shape index (κ1) is 19.3. The van der Waals surface area contributed by atoms with Crippen LogP contribution in [0.4, 0.5) is 0 Å². The van der Waals surface area contributed by atoms with Crippen molar-refractivity contribution in [1.29, 1.82) is 0 Å². The predicted molar refractivity (Wildman–Crippen MR) is 122 cm³/mol. The summed E-state index contributed by atoms with van der Waals surface area (Å²) in [5.74, 6) is 0.818.